The van der Waals surface area contributed by atoms with Gasteiger partial charge in [0.05, 0.1) is 6.61 Å². The third-order valence-electron chi connectivity index (χ3n) is 1.78. The van der Waals surface area contributed by atoms with Crippen LogP contribution < -0.4 is 4.90 Å². The molecule has 90 valence electrons. The van der Waals surface area contributed by atoms with Gasteiger partial charge in [-0.3, -0.25) is 0 Å². The van der Waals surface area contributed by atoms with Gasteiger partial charge in [0, 0.05) is 12.7 Å². The van der Waals surface area contributed by atoms with E-state index in [9.17, 15) is 17.6 Å². The molecule has 0 aliphatic rings. The third kappa shape index (κ3) is 3.65. The minimum Gasteiger partial charge on any atom is -0.395 e. The van der Waals surface area contributed by atoms with Gasteiger partial charge in [0.15, 0.2) is 11.6 Å². The molecule has 0 spiro atoms. The minimum atomic E-state index is -4.47. The number of hydrogen-bond acceptors (Lipinski definition) is 3. The predicted octanol–water partition coefficient (Wildman–Crippen LogP) is 1.58. The Morgan fingerprint density at radius 1 is 1.38 bits per heavy atom. The summed E-state index contributed by atoms with van der Waals surface area (Å²) in [6.07, 6.45) is -3.28. The Morgan fingerprint density at radius 2 is 2.06 bits per heavy atom. The topological polar surface area (TPSA) is 36.4 Å². The number of alkyl halides is 3. The van der Waals surface area contributed by atoms with Crippen molar-refractivity contribution in [2.75, 3.05) is 24.6 Å². The summed E-state index contributed by atoms with van der Waals surface area (Å²) in [5.41, 5.74) is 0. The van der Waals surface area contributed by atoms with Crippen molar-refractivity contribution in [1.82, 2.24) is 4.98 Å². The van der Waals surface area contributed by atoms with Crippen molar-refractivity contribution >= 4 is 5.82 Å². The van der Waals surface area contributed by atoms with E-state index in [0.29, 0.717) is 4.90 Å². The highest BCUT2D eigenvalue weighted by atomic mass is 19.4. The molecule has 1 rings (SSSR count). The van der Waals surface area contributed by atoms with E-state index in [1.165, 1.54) is 12.3 Å². The summed E-state index contributed by atoms with van der Waals surface area (Å²) in [5.74, 6) is -1.26. The van der Waals surface area contributed by atoms with Crippen LogP contribution in [0.15, 0.2) is 18.3 Å². The Hall–Kier alpha value is -1.37. The largest absolute Gasteiger partial charge is 0.405 e. The number of aliphatic hydroxyl groups is 1. The molecular formula is C9H10F4N2O. The minimum absolute atomic E-state index is 0.326. The van der Waals surface area contributed by atoms with E-state index in [1.54, 1.807) is 0 Å². The fourth-order valence-electron chi connectivity index (χ4n) is 1.21. The summed E-state index contributed by atoms with van der Waals surface area (Å²) in [6, 6.07) is 2.30. The first-order valence-electron chi connectivity index (χ1n) is 4.47. The highest BCUT2D eigenvalue weighted by Gasteiger charge is 2.32. The third-order valence-corrected chi connectivity index (χ3v) is 1.78. The maximum atomic E-state index is 13.2. The molecule has 1 heterocycles. The second kappa shape index (κ2) is 5.11. The summed E-state index contributed by atoms with van der Waals surface area (Å²) in [7, 11) is 0. The molecule has 7 heteroatoms. The van der Waals surface area contributed by atoms with Crippen molar-refractivity contribution in [2.24, 2.45) is 0 Å². The zero-order valence-corrected chi connectivity index (χ0v) is 8.21. The molecule has 0 aromatic carbocycles. The Bertz CT molecular complexity index is 343. The molecule has 0 unspecified atom stereocenters. The van der Waals surface area contributed by atoms with Crippen LogP contribution in [0.2, 0.25) is 0 Å². The van der Waals surface area contributed by atoms with Gasteiger partial charge in [0.25, 0.3) is 0 Å². The Kier molecular flexibility index (Phi) is 4.05. The quantitative estimate of drug-likeness (QED) is 0.809. The molecule has 0 atom stereocenters. The first-order valence-corrected chi connectivity index (χ1v) is 4.47. The Balaban J connectivity index is 2.89. The van der Waals surface area contributed by atoms with Crippen LogP contribution in [0.25, 0.3) is 0 Å². The molecular weight excluding hydrogens is 228 g/mol. The number of nitrogens with zero attached hydrogens (tertiary/aromatic N) is 2. The molecule has 1 aromatic heterocycles. The summed E-state index contributed by atoms with van der Waals surface area (Å²) in [4.78, 5) is 4.17. The van der Waals surface area contributed by atoms with Crippen LogP contribution in [-0.4, -0.2) is 36.0 Å². The average Bonchev–Trinajstić information content (AvgIpc) is 2.16. The number of halogens is 4. The first kappa shape index (κ1) is 12.7. The molecule has 0 aliphatic heterocycles. The van der Waals surface area contributed by atoms with Crippen LogP contribution in [0.4, 0.5) is 23.4 Å². The van der Waals surface area contributed by atoms with E-state index in [-0.39, 0.29) is 6.54 Å². The normalized spacial score (nSPS) is 11.6. The van der Waals surface area contributed by atoms with Gasteiger partial charge in [-0.2, -0.15) is 13.2 Å². The SMILES string of the molecule is OCCN(CC(F)(F)F)c1ncccc1F. The van der Waals surface area contributed by atoms with Crippen LogP contribution in [-0.2, 0) is 0 Å². The molecule has 0 amide bonds. The molecule has 3 nitrogen and oxygen atoms in total. The van der Waals surface area contributed by atoms with Crippen molar-refractivity contribution in [1.29, 1.82) is 0 Å². The monoisotopic (exact) mass is 238 g/mol. The highest BCUT2D eigenvalue weighted by molar-refractivity contribution is 5.39. The summed E-state index contributed by atoms with van der Waals surface area (Å²) >= 11 is 0. The molecule has 1 aromatic rings. The number of anilines is 1. The van der Waals surface area contributed by atoms with Crippen LogP contribution in [0.1, 0.15) is 0 Å². The lowest BCUT2D eigenvalue weighted by molar-refractivity contribution is -0.120. The van der Waals surface area contributed by atoms with E-state index in [1.807, 2.05) is 0 Å². The van der Waals surface area contributed by atoms with Crippen molar-refractivity contribution in [3.63, 3.8) is 0 Å². The number of aliphatic hydroxyl groups excluding tert-OH is 1. The number of hydrogen-bond donors (Lipinski definition) is 1. The highest BCUT2D eigenvalue weighted by Crippen LogP contribution is 2.22. The standard InChI is InChI=1S/C9H10F4N2O/c10-7-2-1-3-14-8(7)15(4-5-16)6-9(11,12)13/h1-3,16H,4-6H2. The van der Waals surface area contributed by atoms with E-state index >= 15 is 0 Å². The van der Waals surface area contributed by atoms with Gasteiger partial charge in [0.2, 0.25) is 0 Å². The summed E-state index contributed by atoms with van der Waals surface area (Å²) in [5, 5.41) is 8.63. The number of pyridine rings is 1. The Morgan fingerprint density at radius 3 is 2.56 bits per heavy atom. The fraction of sp³-hybridized carbons (Fsp3) is 0.444. The van der Waals surface area contributed by atoms with Crippen LogP contribution in [0.3, 0.4) is 0 Å². The lowest BCUT2D eigenvalue weighted by Crippen LogP contribution is -2.37. The van der Waals surface area contributed by atoms with Gasteiger partial charge >= 0.3 is 6.18 Å². The van der Waals surface area contributed by atoms with E-state index in [2.05, 4.69) is 4.98 Å². The lowest BCUT2D eigenvalue weighted by Gasteiger charge is -2.24. The maximum Gasteiger partial charge on any atom is 0.405 e. The average molecular weight is 238 g/mol. The molecule has 0 bridgehead atoms. The van der Waals surface area contributed by atoms with Gasteiger partial charge < -0.3 is 10.0 Å². The van der Waals surface area contributed by atoms with Gasteiger partial charge in [0.1, 0.15) is 6.54 Å². The Labute approximate surface area is 89.3 Å². The van der Waals surface area contributed by atoms with Gasteiger partial charge in [-0.15, -0.1) is 0 Å². The smallest absolute Gasteiger partial charge is 0.395 e. The van der Waals surface area contributed by atoms with E-state index < -0.39 is 31.0 Å². The second-order valence-electron chi connectivity index (χ2n) is 3.07. The second-order valence-corrected chi connectivity index (χ2v) is 3.07. The number of aromatic nitrogens is 1. The molecule has 0 aliphatic carbocycles. The van der Waals surface area contributed by atoms with Gasteiger partial charge in [-0.1, -0.05) is 0 Å². The van der Waals surface area contributed by atoms with Crippen molar-refractivity contribution in [2.45, 2.75) is 6.18 Å². The van der Waals surface area contributed by atoms with Crippen molar-refractivity contribution < 1.29 is 22.7 Å². The molecule has 0 saturated carbocycles. The van der Waals surface area contributed by atoms with Gasteiger partial charge in [-0.25, -0.2) is 9.37 Å². The van der Waals surface area contributed by atoms with Crippen LogP contribution in [0.5, 0.6) is 0 Å². The first-order chi connectivity index (χ1) is 7.44. The molecule has 0 fully saturated rings. The zero-order valence-electron chi connectivity index (χ0n) is 8.21. The maximum absolute atomic E-state index is 13.2. The van der Waals surface area contributed by atoms with Crippen LogP contribution in [0, 0.1) is 5.82 Å². The molecule has 0 saturated heterocycles. The molecule has 1 N–H and O–H groups in total. The molecule has 0 radical (unpaired) electrons. The van der Waals surface area contributed by atoms with Crippen LogP contribution >= 0.6 is 0 Å². The number of rotatable bonds is 4. The fourth-order valence-corrected chi connectivity index (χ4v) is 1.21. The summed E-state index contributed by atoms with van der Waals surface area (Å²) < 4.78 is 49.7. The molecule has 16 heavy (non-hydrogen) atoms. The predicted molar refractivity (Wildman–Crippen MR) is 49.5 cm³/mol. The van der Waals surface area contributed by atoms with Gasteiger partial charge in [-0.05, 0) is 12.1 Å². The van der Waals surface area contributed by atoms with Crippen molar-refractivity contribution in [3.05, 3.63) is 24.1 Å². The summed E-state index contributed by atoms with van der Waals surface area (Å²) in [6.45, 7) is -2.18. The van der Waals surface area contributed by atoms with E-state index in [0.717, 1.165) is 6.07 Å². The van der Waals surface area contributed by atoms with E-state index in [4.69, 9.17) is 5.11 Å². The lowest BCUT2D eigenvalue weighted by atomic mass is 10.4. The zero-order chi connectivity index (χ0) is 12.2. The van der Waals surface area contributed by atoms with Crippen molar-refractivity contribution in [3.8, 4) is 0 Å².